The summed E-state index contributed by atoms with van der Waals surface area (Å²) < 4.78 is 5.76. The maximum absolute atomic E-state index is 12.3. The van der Waals surface area contributed by atoms with E-state index in [9.17, 15) is 4.79 Å². The third kappa shape index (κ3) is 6.73. The molecule has 0 spiro atoms. The molecule has 0 aliphatic carbocycles. The first-order chi connectivity index (χ1) is 10.5. The van der Waals surface area contributed by atoms with Gasteiger partial charge in [0.1, 0.15) is 10.8 Å². The summed E-state index contributed by atoms with van der Waals surface area (Å²) in [5, 5.41) is 0.268. The minimum Gasteiger partial charge on any atom is -0.455 e. The van der Waals surface area contributed by atoms with Crippen LogP contribution >= 0.6 is 11.6 Å². The summed E-state index contributed by atoms with van der Waals surface area (Å²) in [6.45, 7) is 6.36. The van der Waals surface area contributed by atoms with E-state index in [1.54, 1.807) is 0 Å². The van der Waals surface area contributed by atoms with Crippen molar-refractivity contribution >= 4 is 17.6 Å². The zero-order chi connectivity index (χ0) is 16.4. The van der Waals surface area contributed by atoms with Gasteiger partial charge < -0.3 is 4.74 Å². The lowest BCUT2D eigenvalue weighted by molar-refractivity contribution is -0.0203. The summed E-state index contributed by atoms with van der Waals surface area (Å²) in [6.07, 6.45) is 11.3. The standard InChI is InChI=1S/C17H27ClN2O2/c1-4-6-8-9-11-17(3,10-7-5-2)22-16(21)14-12-20-15(18)13-19-14/h12-13H,4-11H2,1-3H3. The first-order valence-corrected chi connectivity index (χ1v) is 8.59. The van der Waals surface area contributed by atoms with E-state index in [0.29, 0.717) is 0 Å². The SMILES string of the molecule is CCCCCCC(C)(CCCC)OC(=O)c1cnc(Cl)cn1. The monoisotopic (exact) mass is 326 g/mol. The molecule has 0 bridgehead atoms. The van der Waals surface area contributed by atoms with E-state index in [0.717, 1.165) is 32.1 Å². The van der Waals surface area contributed by atoms with Crippen molar-refractivity contribution in [1.29, 1.82) is 0 Å². The van der Waals surface area contributed by atoms with Crippen LogP contribution in [0.3, 0.4) is 0 Å². The highest BCUT2D eigenvalue weighted by atomic mass is 35.5. The number of halogens is 1. The summed E-state index contributed by atoms with van der Waals surface area (Å²) in [5.74, 6) is -0.418. The topological polar surface area (TPSA) is 52.1 Å². The lowest BCUT2D eigenvalue weighted by Crippen LogP contribution is -2.32. The van der Waals surface area contributed by atoms with E-state index in [4.69, 9.17) is 16.3 Å². The second kappa shape index (κ2) is 9.78. The Morgan fingerprint density at radius 3 is 2.36 bits per heavy atom. The van der Waals surface area contributed by atoms with Gasteiger partial charge in [0.2, 0.25) is 0 Å². The van der Waals surface area contributed by atoms with Crippen LogP contribution in [0.4, 0.5) is 0 Å². The Bertz CT molecular complexity index is 450. The normalized spacial score (nSPS) is 13.6. The number of ether oxygens (including phenoxy) is 1. The van der Waals surface area contributed by atoms with Crippen LogP contribution in [0, 0.1) is 0 Å². The molecule has 1 heterocycles. The van der Waals surface area contributed by atoms with Crippen molar-refractivity contribution in [1.82, 2.24) is 9.97 Å². The predicted molar refractivity (Wildman–Crippen MR) is 89.1 cm³/mol. The fourth-order valence-electron chi connectivity index (χ4n) is 2.40. The summed E-state index contributed by atoms with van der Waals surface area (Å²) >= 11 is 5.69. The number of carbonyl (C=O) groups is 1. The third-order valence-corrected chi connectivity index (χ3v) is 3.98. The molecule has 4 nitrogen and oxygen atoms in total. The third-order valence-electron chi connectivity index (χ3n) is 3.79. The van der Waals surface area contributed by atoms with Crippen molar-refractivity contribution in [3.63, 3.8) is 0 Å². The van der Waals surface area contributed by atoms with Crippen LogP contribution in [0.15, 0.2) is 12.4 Å². The Kier molecular flexibility index (Phi) is 8.39. The highest BCUT2D eigenvalue weighted by Crippen LogP contribution is 2.27. The van der Waals surface area contributed by atoms with Gasteiger partial charge >= 0.3 is 5.97 Å². The Balaban J connectivity index is 2.65. The number of esters is 1. The fraction of sp³-hybridized carbons (Fsp3) is 0.706. The zero-order valence-corrected chi connectivity index (χ0v) is 14.7. The highest BCUT2D eigenvalue weighted by Gasteiger charge is 2.28. The van der Waals surface area contributed by atoms with Crippen molar-refractivity contribution in [2.45, 2.75) is 77.7 Å². The first kappa shape index (κ1) is 18.9. The maximum Gasteiger partial charge on any atom is 0.359 e. The van der Waals surface area contributed by atoms with Gasteiger partial charge in [0.15, 0.2) is 5.69 Å². The van der Waals surface area contributed by atoms with Crippen molar-refractivity contribution in [3.05, 3.63) is 23.2 Å². The zero-order valence-electron chi connectivity index (χ0n) is 13.9. The van der Waals surface area contributed by atoms with Crippen molar-refractivity contribution in [3.8, 4) is 0 Å². The molecule has 22 heavy (non-hydrogen) atoms. The van der Waals surface area contributed by atoms with Gasteiger partial charge in [-0.3, -0.25) is 0 Å². The second-order valence-corrected chi connectivity index (χ2v) is 6.37. The van der Waals surface area contributed by atoms with Gasteiger partial charge in [-0.1, -0.05) is 51.1 Å². The van der Waals surface area contributed by atoms with Crippen LogP contribution < -0.4 is 0 Å². The molecule has 0 radical (unpaired) electrons. The minimum atomic E-state index is -0.428. The van der Waals surface area contributed by atoms with Gasteiger partial charge in [-0.2, -0.15) is 0 Å². The minimum absolute atomic E-state index is 0.209. The van der Waals surface area contributed by atoms with Crippen LogP contribution in [-0.2, 0) is 4.74 Å². The molecule has 0 saturated carbocycles. The average molecular weight is 327 g/mol. The first-order valence-electron chi connectivity index (χ1n) is 8.21. The molecule has 1 aromatic rings. The van der Waals surface area contributed by atoms with E-state index in [1.165, 1.54) is 31.7 Å². The van der Waals surface area contributed by atoms with Gasteiger partial charge in [-0.05, 0) is 32.6 Å². The molecule has 0 amide bonds. The Labute approximate surface area is 138 Å². The van der Waals surface area contributed by atoms with Crippen LogP contribution in [0.2, 0.25) is 5.15 Å². The maximum atomic E-state index is 12.3. The van der Waals surface area contributed by atoms with Crippen molar-refractivity contribution in [2.24, 2.45) is 0 Å². The molecule has 0 aromatic carbocycles. The largest absolute Gasteiger partial charge is 0.455 e. The molecule has 0 N–H and O–H groups in total. The lowest BCUT2D eigenvalue weighted by atomic mass is 9.92. The molecule has 0 aliphatic rings. The van der Waals surface area contributed by atoms with Crippen LogP contribution in [0.25, 0.3) is 0 Å². The summed E-state index contributed by atoms with van der Waals surface area (Å²) in [4.78, 5) is 20.1. The fourth-order valence-corrected chi connectivity index (χ4v) is 2.49. The number of unbranched alkanes of at least 4 members (excludes halogenated alkanes) is 4. The molecule has 5 heteroatoms. The second-order valence-electron chi connectivity index (χ2n) is 5.98. The van der Waals surface area contributed by atoms with Gasteiger partial charge in [0.25, 0.3) is 0 Å². The number of nitrogens with zero attached hydrogens (tertiary/aromatic N) is 2. The molecule has 1 atom stereocenters. The molecule has 1 unspecified atom stereocenters. The van der Waals surface area contributed by atoms with E-state index < -0.39 is 11.6 Å². The van der Waals surface area contributed by atoms with Gasteiger partial charge in [-0.25, -0.2) is 14.8 Å². The highest BCUT2D eigenvalue weighted by molar-refractivity contribution is 6.29. The number of carbonyl (C=O) groups excluding carboxylic acids is 1. The smallest absolute Gasteiger partial charge is 0.359 e. The molecule has 0 aliphatic heterocycles. The van der Waals surface area contributed by atoms with Crippen molar-refractivity contribution < 1.29 is 9.53 Å². The van der Waals surface area contributed by atoms with Crippen LogP contribution in [0.5, 0.6) is 0 Å². The molecule has 0 saturated heterocycles. The van der Waals surface area contributed by atoms with E-state index in [1.807, 2.05) is 6.92 Å². The van der Waals surface area contributed by atoms with E-state index >= 15 is 0 Å². The summed E-state index contributed by atoms with van der Waals surface area (Å²) in [7, 11) is 0. The molecule has 0 fully saturated rings. The van der Waals surface area contributed by atoms with Gasteiger partial charge in [0, 0.05) is 0 Å². The number of hydrogen-bond acceptors (Lipinski definition) is 4. The Morgan fingerprint density at radius 1 is 1.09 bits per heavy atom. The van der Waals surface area contributed by atoms with Crippen LogP contribution in [-0.4, -0.2) is 21.5 Å². The summed E-state index contributed by atoms with van der Waals surface area (Å²) in [6, 6.07) is 0. The lowest BCUT2D eigenvalue weighted by Gasteiger charge is -2.29. The van der Waals surface area contributed by atoms with E-state index in [-0.39, 0.29) is 10.8 Å². The molecular formula is C17H27ClN2O2. The van der Waals surface area contributed by atoms with Crippen molar-refractivity contribution in [2.75, 3.05) is 0 Å². The van der Waals surface area contributed by atoms with E-state index in [2.05, 4.69) is 23.8 Å². The predicted octanol–water partition coefficient (Wildman–Crippen LogP) is 5.21. The molecule has 1 rings (SSSR count). The Hall–Kier alpha value is -1.16. The molecular weight excluding hydrogens is 300 g/mol. The molecule has 1 aromatic heterocycles. The van der Waals surface area contributed by atoms with Gasteiger partial charge in [-0.15, -0.1) is 0 Å². The van der Waals surface area contributed by atoms with Gasteiger partial charge in [0.05, 0.1) is 12.4 Å². The number of aromatic nitrogens is 2. The quantitative estimate of drug-likeness (QED) is 0.437. The number of hydrogen-bond donors (Lipinski definition) is 0. The summed E-state index contributed by atoms with van der Waals surface area (Å²) in [5.41, 5.74) is -0.219. The Morgan fingerprint density at radius 2 is 1.77 bits per heavy atom. The average Bonchev–Trinajstić information content (AvgIpc) is 2.50. The number of rotatable bonds is 10. The molecule has 124 valence electrons. The van der Waals surface area contributed by atoms with Crippen LogP contribution in [0.1, 0.15) is 82.6 Å².